The van der Waals surface area contributed by atoms with Gasteiger partial charge in [0.2, 0.25) is 5.91 Å². The Labute approximate surface area is 118 Å². The highest BCUT2D eigenvalue weighted by atomic mass is 16.5. The third kappa shape index (κ3) is 3.57. The molecule has 0 saturated heterocycles. The molecule has 0 heterocycles. The maximum atomic E-state index is 11.9. The highest BCUT2D eigenvalue weighted by molar-refractivity contribution is 5.90. The van der Waals surface area contributed by atoms with Crippen LogP contribution in [0.3, 0.4) is 0 Å². The first-order valence-electron chi connectivity index (χ1n) is 6.58. The van der Waals surface area contributed by atoms with Crippen molar-refractivity contribution in [1.29, 1.82) is 0 Å². The Balaban J connectivity index is 1.82. The highest BCUT2D eigenvalue weighted by Gasteiger charge is 2.48. The lowest BCUT2D eigenvalue weighted by molar-refractivity contribution is -0.143. The molecule has 5 nitrogen and oxygen atoms in total. The number of hydrogen-bond donors (Lipinski definition) is 1. The van der Waals surface area contributed by atoms with Gasteiger partial charge >= 0.3 is 5.97 Å². The zero-order valence-electron chi connectivity index (χ0n) is 11.7. The molecule has 0 aliphatic heterocycles. The molecule has 1 fully saturated rings. The van der Waals surface area contributed by atoms with E-state index in [9.17, 15) is 9.59 Å². The Hall–Kier alpha value is -1.88. The summed E-state index contributed by atoms with van der Waals surface area (Å²) in [5, 5.41) is 2.85. The lowest BCUT2D eigenvalue weighted by Crippen LogP contribution is -2.26. The summed E-state index contributed by atoms with van der Waals surface area (Å²) in [5.41, 5.74) is 2.08. The van der Waals surface area contributed by atoms with E-state index in [0.717, 1.165) is 11.1 Å². The van der Waals surface area contributed by atoms with Crippen LogP contribution in [-0.2, 0) is 32.2 Å². The number of benzene rings is 1. The Kier molecular flexibility index (Phi) is 4.74. The van der Waals surface area contributed by atoms with Crippen molar-refractivity contribution in [3.05, 3.63) is 35.4 Å². The molecule has 0 aromatic heterocycles. The molecule has 2 atom stereocenters. The van der Waals surface area contributed by atoms with Crippen molar-refractivity contribution in [1.82, 2.24) is 5.32 Å². The SMILES string of the molecule is COCc1cccc(CNC(=O)[C@H]2C[C@@H]2C(=O)OC)c1. The summed E-state index contributed by atoms with van der Waals surface area (Å²) in [5.74, 6) is -0.880. The molecular formula is C15H19NO4. The van der Waals surface area contributed by atoms with Crippen LogP contribution in [0.5, 0.6) is 0 Å². The van der Waals surface area contributed by atoms with Crippen LogP contribution in [0.15, 0.2) is 24.3 Å². The zero-order chi connectivity index (χ0) is 14.5. The van der Waals surface area contributed by atoms with Crippen LogP contribution in [-0.4, -0.2) is 26.1 Å². The first kappa shape index (κ1) is 14.5. The molecule has 1 aromatic rings. The van der Waals surface area contributed by atoms with E-state index < -0.39 is 0 Å². The van der Waals surface area contributed by atoms with Gasteiger partial charge in [-0.3, -0.25) is 9.59 Å². The predicted molar refractivity (Wildman–Crippen MR) is 72.6 cm³/mol. The van der Waals surface area contributed by atoms with E-state index in [2.05, 4.69) is 10.1 Å². The number of hydrogen-bond acceptors (Lipinski definition) is 4. The second-order valence-corrected chi connectivity index (χ2v) is 4.94. The Morgan fingerprint density at radius 2 is 2.00 bits per heavy atom. The predicted octanol–water partition coefficient (Wildman–Crippen LogP) is 1.26. The van der Waals surface area contributed by atoms with Crippen molar-refractivity contribution in [2.75, 3.05) is 14.2 Å². The van der Waals surface area contributed by atoms with Crippen molar-refractivity contribution in [2.45, 2.75) is 19.6 Å². The van der Waals surface area contributed by atoms with Crippen molar-refractivity contribution < 1.29 is 19.1 Å². The minimum atomic E-state index is -0.299. The van der Waals surface area contributed by atoms with Crippen LogP contribution in [0.4, 0.5) is 0 Å². The molecule has 1 N–H and O–H groups in total. The van der Waals surface area contributed by atoms with Gasteiger partial charge in [0.25, 0.3) is 0 Å². The molecule has 0 spiro atoms. The minimum Gasteiger partial charge on any atom is -0.469 e. The average molecular weight is 277 g/mol. The summed E-state index contributed by atoms with van der Waals surface area (Å²) >= 11 is 0. The molecular weight excluding hydrogens is 258 g/mol. The second kappa shape index (κ2) is 6.52. The van der Waals surface area contributed by atoms with Crippen molar-refractivity contribution in [2.24, 2.45) is 11.8 Å². The average Bonchev–Trinajstić information content (AvgIpc) is 3.25. The van der Waals surface area contributed by atoms with Crippen LogP contribution >= 0.6 is 0 Å². The third-order valence-electron chi connectivity index (χ3n) is 3.40. The molecule has 1 saturated carbocycles. The molecule has 108 valence electrons. The van der Waals surface area contributed by atoms with Crippen molar-refractivity contribution in [3.8, 4) is 0 Å². The van der Waals surface area contributed by atoms with Gasteiger partial charge in [-0.25, -0.2) is 0 Å². The number of carbonyl (C=O) groups excluding carboxylic acids is 2. The van der Waals surface area contributed by atoms with Crippen molar-refractivity contribution in [3.63, 3.8) is 0 Å². The lowest BCUT2D eigenvalue weighted by atomic mass is 10.1. The number of methoxy groups -OCH3 is 2. The van der Waals surface area contributed by atoms with E-state index in [4.69, 9.17) is 4.74 Å². The Morgan fingerprint density at radius 1 is 1.25 bits per heavy atom. The van der Waals surface area contributed by atoms with Gasteiger partial charge in [-0.05, 0) is 17.5 Å². The van der Waals surface area contributed by atoms with E-state index in [1.165, 1.54) is 7.11 Å². The van der Waals surface area contributed by atoms with Gasteiger partial charge in [0.05, 0.1) is 25.6 Å². The number of nitrogens with one attached hydrogen (secondary N) is 1. The third-order valence-corrected chi connectivity index (χ3v) is 3.40. The molecule has 20 heavy (non-hydrogen) atoms. The quantitative estimate of drug-likeness (QED) is 0.795. The van der Waals surface area contributed by atoms with E-state index in [1.54, 1.807) is 7.11 Å². The normalized spacial score (nSPS) is 20.3. The standard InChI is InChI=1S/C15H19NO4/c1-19-9-11-5-3-4-10(6-11)8-16-14(17)12-7-13(12)15(18)20-2/h3-6,12-13H,7-9H2,1-2H3,(H,16,17)/t12-,13-/m0/s1. The monoisotopic (exact) mass is 277 g/mol. The highest BCUT2D eigenvalue weighted by Crippen LogP contribution is 2.39. The van der Waals surface area contributed by atoms with E-state index >= 15 is 0 Å². The summed E-state index contributed by atoms with van der Waals surface area (Å²) in [4.78, 5) is 23.1. The molecule has 5 heteroatoms. The Morgan fingerprint density at radius 3 is 2.70 bits per heavy atom. The summed E-state index contributed by atoms with van der Waals surface area (Å²) in [7, 11) is 2.99. The molecule has 1 aromatic carbocycles. The molecule has 0 unspecified atom stereocenters. The van der Waals surface area contributed by atoms with Gasteiger partial charge < -0.3 is 14.8 Å². The van der Waals surface area contributed by atoms with Crippen LogP contribution in [0.2, 0.25) is 0 Å². The molecule has 1 aliphatic carbocycles. The van der Waals surface area contributed by atoms with Gasteiger partial charge in [0.1, 0.15) is 0 Å². The fraction of sp³-hybridized carbons (Fsp3) is 0.467. The number of carbonyl (C=O) groups is 2. The van der Waals surface area contributed by atoms with E-state index in [-0.39, 0.29) is 23.7 Å². The van der Waals surface area contributed by atoms with Gasteiger partial charge in [-0.2, -0.15) is 0 Å². The molecule has 0 bridgehead atoms. The van der Waals surface area contributed by atoms with E-state index in [0.29, 0.717) is 19.6 Å². The van der Waals surface area contributed by atoms with Gasteiger partial charge in [-0.1, -0.05) is 24.3 Å². The van der Waals surface area contributed by atoms with Crippen LogP contribution < -0.4 is 5.32 Å². The zero-order valence-corrected chi connectivity index (χ0v) is 11.7. The first-order valence-corrected chi connectivity index (χ1v) is 6.58. The Bertz CT molecular complexity index is 500. The van der Waals surface area contributed by atoms with Crippen LogP contribution in [0.1, 0.15) is 17.5 Å². The maximum Gasteiger partial charge on any atom is 0.309 e. The largest absolute Gasteiger partial charge is 0.469 e. The van der Waals surface area contributed by atoms with Gasteiger partial charge in [0.15, 0.2) is 0 Å². The number of ether oxygens (including phenoxy) is 2. The lowest BCUT2D eigenvalue weighted by Gasteiger charge is -2.07. The van der Waals surface area contributed by atoms with Gasteiger partial charge in [0, 0.05) is 13.7 Å². The topological polar surface area (TPSA) is 64.6 Å². The molecule has 1 aliphatic rings. The smallest absolute Gasteiger partial charge is 0.309 e. The summed E-state index contributed by atoms with van der Waals surface area (Å²) in [6.45, 7) is 1.01. The molecule has 0 radical (unpaired) electrons. The number of amides is 1. The molecule has 2 rings (SSSR count). The van der Waals surface area contributed by atoms with Crippen LogP contribution in [0.25, 0.3) is 0 Å². The first-order chi connectivity index (χ1) is 9.65. The van der Waals surface area contributed by atoms with Gasteiger partial charge in [-0.15, -0.1) is 0 Å². The van der Waals surface area contributed by atoms with E-state index in [1.807, 2.05) is 24.3 Å². The van der Waals surface area contributed by atoms with Crippen LogP contribution in [0, 0.1) is 11.8 Å². The summed E-state index contributed by atoms with van der Waals surface area (Å²) in [6.07, 6.45) is 0.586. The van der Waals surface area contributed by atoms with Crippen molar-refractivity contribution >= 4 is 11.9 Å². The second-order valence-electron chi connectivity index (χ2n) is 4.94. The minimum absolute atomic E-state index is 0.0856. The summed E-state index contributed by atoms with van der Waals surface area (Å²) < 4.78 is 9.70. The fourth-order valence-corrected chi connectivity index (χ4v) is 2.21. The fourth-order valence-electron chi connectivity index (χ4n) is 2.21. The summed E-state index contributed by atoms with van der Waals surface area (Å²) in [6, 6.07) is 7.85. The molecule has 1 amide bonds. The maximum absolute atomic E-state index is 11.9. The number of esters is 1. The number of rotatable bonds is 6.